The topological polar surface area (TPSA) is 26.0 Å². The Morgan fingerprint density at radius 3 is 2.55 bits per heavy atom. The first kappa shape index (κ1) is 13.4. The molecule has 1 aliphatic rings. The number of hydrogen-bond acceptors (Lipinski definition) is 1. The summed E-state index contributed by atoms with van der Waals surface area (Å²) in [6.45, 7) is 2.92. The Morgan fingerprint density at radius 1 is 1.05 bits per heavy atom. The molecule has 0 spiro atoms. The fourth-order valence-corrected chi connectivity index (χ4v) is 3.32. The molecule has 1 nitrogen and oxygen atoms in total. The summed E-state index contributed by atoms with van der Waals surface area (Å²) in [6.07, 6.45) is 4.94. The Morgan fingerprint density at radius 2 is 1.80 bits per heavy atom. The minimum Gasteiger partial charge on any atom is -0.330 e. The molecule has 0 amide bonds. The quantitative estimate of drug-likeness (QED) is 0.873. The third-order valence-corrected chi connectivity index (χ3v) is 4.48. The molecule has 20 heavy (non-hydrogen) atoms. The number of aryl methyl sites for hydroxylation is 2. The molecule has 1 atom stereocenters. The van der Waals surface area contributed by atoms with Crippen molar-refractivity contribution in [1.29, 1.82) is 0 Å². The molecule has 1 unspecified atom stereocenters. The Kier molecular flexibility index (Phi) is 3.88. The van der Waals surface area contributed by atoms with E-state index >= 15 is 0 Å². The third kappa shape index (κ3) is 2.64. The second kappa shape index (κ2) is 5.80. The fraction of sp³-hybridized carbons (Fsp3) is 0.368. The van der Waals surface area contributed by atoms with Gasteiger partial charge >= 0.3 is 0 Å². The van der Waals surface area contributed by atoms with E-state index in [1.165, 1.54) is 41.5 Å². The zero-order valence-corrected chi connectivity index (χ0v) is 12.2. The standard InChI is InChI=1S/C19H23N/c1-14-5-7-15(8-6-14)18-10-9-16-3-2-4-17(11-12-20)19(16)13-18/h5-10,13,17H,2-4,11-12,20H2,1H3. The normalized spacial score (nSPS) is 17.8. The molecule has 0 radical (unpaired) electrons. The second-order valence-corrected chi connectivity index (χ2v) is 5.95. The summed E-state index contributed by atoms with van der Waals surface area (Å²) in [7, 11) is 0. The largest absolute Gasteiger partial charge is 0.330 e. The lowest BCUT2D eigenvalue weighted by Gasteiger charge is -2.26. The first-order valence-electron chi connectivity index (χ1n) is 7.68. The van der Waals surface area contributed by atoms with Crippen molar-refractivity contribution in [3.05, 3.63) is 59.2 Å². The summed E-state index contributed by atoms with van der Waals surface area (Å²) >= 11 is 0. The number of benzene rings is 2. The van der Waals surface area contributed by atoms with Crippen molar-refractivity contribution < 1.29 is 0 Å². The van der Waals surface area contributed by atoms with E-state index < -0.39 is 0 Å². The molecule has 1 heteroatoms. The molecule has 0 aliphatic heterocycles. The summed E-state index contributed by atoms with van der Waals surface area (Å²) in [5, 5.41) is 0. The van der Waals surface area contributed by atoms with Crippen LogP contribution in [0.2, 0.25) is 0 Å². The van der Waals surface area contributed by atoms with Gasteiger partial charge in [0.1, 0.15) is 0 Å². The summed E-state index contributed by atoms with van der Waals surface area (Å²) in [4.78, 5) is 0. The van der Waals surface area contributed by atoms with Gasteiger partial charge in [0.05, 0.1) is 0 Å². The van der Waals surface area contributed by atoms with Crippen molar-refractivity contribution in [3.63, 3.8) is 0 Å². The van der Waals surface area contributed by atoms with E-state index in [1.54, 1.807) is 5.56 Å². The Balaban J connectivity index is 1.98. The zero-order valence-electron chi connectivity index (χ0n) is 12.2. The highest BCUT2D eigenvalue weighted by molar-refractivity contribution is 5.65. The second-order valence-electron chi connectivity index (χ2n) is 5.95. The van der Waals surface area contributed by atoms with Gasteiger partial charge in [-0.1, -0.05) is 48.0 Å². The van der Waals surface area contributed by atoms with Crippen LogP contribution in [0.3, 0.4) is 0 Å². The number of fused-ring (bicyclic) bond motifs is 1. The molecule has 2 aromatic carbocycles. The Labute approximate surface area is 121 Å². The molecule has 0 aromatic heterocycles. The Bertz CT molecular complexity index is 583. The first-order valence-corrected chi connectivity index (χ1v) is 7.68. The van der Waals surface area contributed by atoms with Crippen molar-refractivity contribution in [1.82, 2.24) is 0 Å². The number of nitrogens with two attached hydrogens (primary N) is 1. The van der Waals surface area contributed by atoms with Gasteiger partial charge < -0.3 is 5.73 Å². The minimum absolute atomic E-state index is 0.661. The molecule has 1 aliphatic carbocycles. The maximum Gasteiger partial charge on any atom is -0.00714 e. The van der Waals surface area contributed by atoms with E-state index in [2.05, 4.69) is 49.4 Å². The molecule has 104 valence electrons. The van der Waals surface area contributed by atoms with Crippen molar-refractivity contribution >= 4 is 0 Å². The maximum atomic E-state index is 5.78. The van der Waals surface area contributed by atoms with Crippen molar-refractivity contribution in [2.75, 3.05) is 6.54 Å². The van der Waals surface area contributed by atoms with Crippen molar-refractivity contribution in [2.24, 2.45) is 5.73 Å². The number of hydrogen-bond donors (Lipinski definition) is 1. The first-order chi connectivity index (χ1) is 9.78. The van der Waals surface area contributed by atoms with Crippen LogP contribution in [-0.2, 0) is 6.42 Å². The Hall–Kier alpha value is -1.60. The smallest absolute Gasteiger partial charge is 0.00714 e. The van der Waals surface area contributed by atoms with Gasteiger partial charge in [0.25, 0.3) is 0 Å². The molecule has 0 bridgehead atoms. The van der Waals surface area contributed by atoms with Crippen molar-refractivity contribution in [2.45, 2.75) is 38.5 Å². The molecular formula is C19H23N. The maximum absolute atomic E-state index is 5.78. The zero-order chi connectivity index (χ0) is 13.9. The molecule has 0 saturated carbocycles. The van der Waals surface area contributed by atoms with Gasteiger partial charge in [-0.3, -0.25) is 0 Å². The van der Waals surface area contributed by atoms with E-state index in [0.29, 0.717) is 5.92 Å². The molecule has 0 fully saturated rings. The van der Waals surface area contributed by atoms with Crippen molar-refractivity contribution in [3.8, 4) is 11.1 Å². The van der Waals surface area contributed by atoms with Gasteiger partial charge in [-0.05, 0) is 67.3 Å². The summed E-state index contributed by atoms with van der Waals surface area (Å²) in [5.74, 6) is 0.661. The highest BCUT2D eigenvalue weighted by atomic mass is 14.5. The molecular weight excluding hydrogens is 242 g/mol. The highest BCUT2D eigenvalue weighted by Crippen LogP contribution is 2.36. The SMILES string of the molecule is Cc1ccc(-c2ccc3c(c2)C(CCN)CCC3)cc1. The average molecular weight is 265 g/mol. The van der Waals surface area contributed by atoms with Gasteiger partial charge in [-0.2, -0.15) is 0 Å². The number of rotatable bonds is 3. The van der Waals surface area contributed by atoms with Crippen LogP contribution in [0.15, 0.2) is 42.5 Å². The van der Waals surface area contributed by atoms with Crippen LogP contribution in [0.4, 0.5) is 0 Å². The summed E-state index contributed by atoms with van der Waals surface area (Å²) in [5.41, 5.74) is 12.8. The van der Waals surface area contributed by atoms with Crippen LogP contribution in [0, 0.1) is 6.92 Å². The van der Waals surface area contributed by atoms with Crippen LogP contribution >= 0.6 is 0 Å². The lowest BCUT2D eigenvalue weighted by Crippen LogP contribution is -2.14. The predicted molar refractivity (Wildman–Crippen MR) is 86.0 cm³/mol. The summed E-state index contributed by atoms with van der Waals surface area (Å²) in [6, 6.07) is 15.8. The average Bonchev–Trinajstić information content (AvgIpc) is 2.48. The van der Waals surface area contributed by atoms with Crippen LogP contribution in [0.5, 0.6) is 0 Å². The summed E-state index contributed by atoms with van der Waals surface area (Å²) < 4.78 is 0. The molecule has 0 saturated heterocycles. The third-order valence-electron chi connectivity index (χ3n) is 4.48. The predicted octanol–water partition coefficient (Wildman–Crippen LogP) is 4.43. The minimum atomic E-state index is 0.661. The molecule has 3 rings (SSSR count). The molecule has 2 N–H and O–H groups in total. The van der Waals surface area contributed by atoms with Gasteiger partial charge in [0.2, 0.25) is 0 Å². The highest BCUT2D eigenvalue weighted by Gasteiger charge is 2.19. The fourth-order valence-electron chi connectivity index (χ4n) is 3.32. The monoisotopic (exact) mass is 265 g/mol. The van der Waals surface area contributed by atoms with Gasteiger partial charge in [-0.25, -0.2) is 0 Å². The van der Waals surface area contributed by atoms with E-state index in [4.69, 9.17) is 5.73 Å². The van der Waals surface area contributed by atoms with E-state index in [9.17, 15) is 0 Å². The van der Waals surface area contributed by atoms with Gasteiger partial charge in [0.15, 0.2) is 0 Å². The lowest BCUT2D eigenvalue weighted by molar-refractivity contribution is 0.526. The molecule has 0 heterocycles. The van der Waals surface area contributed by atoms with Gasteiger partial charge in [0, 0.05) is 0 Å². The van der Waals surface area contributed by atoms with E-state index in [-0.39, 0.29) is 0 Å². The van der Waals surface area contributed by atoms with Crippen LogP contribution < -0.4 is 5.73 Å². The molecule has 2 aromatic rings. The van der Waals surface area contributed by atoms with Crippen LogP contribution in [0.1, 0.15) is 41.9 Å². The van der Waals surface area contributed by atoms with Crippen LogP contribution in [-0.4, -0.2) is 6.54 Å². The lowest BCUT2D eigenvalue weighted by atomic mass is 9.80. The van der Waals surface area contributed by atoms with E-state index in [1.807, 2.05) is 0 Å². The van der Waals surface area contributed by atoms with Crippen LogP contribution in [0.25, 0.3) is 11.1 Å². The van der Waals surface area contributed by atoms with Gasteiger partial charge in [-0.15, -0.1) is 0 Å². The van der Waals surface area contributed by atoms with E-state index in [0.717, 1.165) is 13.0 Å².